The second-order valence-corrected chi connectivity index (χ2v) is 10.3. The summed E-state index contributed by atoms with van der Waals surface area (Å²) in [6, 6.07) is 3.71. The van der Waals surface area contributed by atoms with Crippen LogP contribution in [0.1, 0.15) is 69.1 Å². The molecule has 2 aromatic heterocycles. The molecule has 1 fully saturated rings. The quantitative estimate of drug-likeness (QED) is 0.224. The number of alkyl halides is 3. The molecule has 0 bridgehead atoms. The van der Waals surface area contributed by atoms with Crippen LogP contribution in [0.3, 0.4) is 0 Å². The van der Waals surface area contributed by atoms with Gasteiger partial charge in [0, 0.05) is 48.1 Å². The number of ether oxygens (including phenoxy) is 1. The van der Waals surface area contributed by atoms with Crippen molar-refractivity contribution in [3.63, 3.8) is 0 Å². The monoisotopic (exact) mass is 567 g/mol. The van der Waals surface area contributed by atoms with E-state index in [-0.39, 0.29) is 17.4 Å². The molecule has 2 heterocycles. The topological polar surface area (TPSA) is 70.5 Å². The lowest BCUT2D eigenvalue weighted by Crippen LogP contribution is -2.15. The van der Waals surface area contributed by atoms with Crippen LogP contribution in [0.4, 0.5) is 17.6 Å². The van der Waals surface area contributed by atoms with Crippen LogP contribution in [0, 0.1) is 11.7 Å². The fourth-order valence-corrected chi connectivity index (χ4v) is 5.00. The number of hydrogen-bond acceptors (Lipinski definition) is 4. The maximum atomic E-state index is 14.3. The predicted molar refractivity (Wildman–Crippen MR) is 148 cm³/mol. The molecule has 0 amide bonds. The number of aliphatic hydroxyl groups excluding tert-OH is 1. The fourth-order valence-electron chi connectivity index (χ4n) is 4.71. The summed E-state index contributed by atoms with van der Waals surface area (Å²) in [5, 5.41) is 9.10. The lowest BCUT2D eigenvalue weighted by molar-refractivity contribution is -0.0506. The average molecular weight is 568 g/mol. The van der Waals surface area contributed by atoms with Gasteiger partial charge in [0.05, 0.1) is 11.1 Å². The highest BCUT2D eigenvalue weighted by molar-refractivity contribution is 6.31. The summed E-state index contributed by atoms with van der Waals surface area (Å²) in [6.45, 7) is 1.90. The van der Waals surface area contributed by atoms with Gasteiger partial charge in [0.1, 0.15) is 23.9 Å². The van der Waals surface area contributed by atoms with Crippen molar-refractivity contribution in [2.45, 2.75) is 65.1 Å². The molecule has 0 spiro atoms. The minimum atomic E-state index is -3.18. The molecule has 1 aromatic carbocycles. The van der Waals surface area contributed by atoms with Crippen LogP contribution in [0.2, 0.25) is 5.02 Å². The average Bonchev–Trinajstić information content (AvgIpc) is 3.31. The molecule has 39 heavy (non-hydrogen) atoms. The Hall–Kier alpha value is -2.91. The molecule has 212 valence electrons. The first kappa shape index (κ1) is 30.6. The van der Waals surface area contributed by atoms with E-state index in [4.69, 9.17) is 16.7 Å². The molecule has 1 saturated carbocycles. The Kier molecular flexibility index (Phi) is 10.9. The van der Waals surface area contributed by atoms with Crippen molar-refractivity contribution in [1.29, 1.82) is 0 Å². The number of aliphatic hydroxyl groups is 1. The van der Waals surface area contributed by atoms with Crippen LogP contribution < -0.4 is 4.74 Å². The molecule has 5 nitrogen and oxygen atoms in total. The largest absolute Gasteiger partial charge is 0.434 e. The van der Waals surface area contributed by atoms with E-state index in [1.807, 2.05) is 13.8 Å². The van der Waals surface area contributed by atoms with Crippen molar-refractivity contribution < 1.29 is 27.4 Å². The number of nitrogens with zero attached hydrogens (tertiary/aromatic N) is 2. The molecule has 0 saturated heterocycles. The molecular weight excluding hydrogens is 534 g/mol. The van der Waals surface area contributed by atoms with Gasteiger partial charge in [-0.1, -0.05) is 24.1 Å². The SMILES string of the molecule is CC1CCC(O)CC1.CN=CC(=C(C)C)c1cnc2[nH]cc(C(CF)c3c(OC(F)F)ccc(F)c3Cl)c2c1. The second kappa shape index (κ2) is 13.9. The van der Waals surface area contributed by atoms with Crippen molar-refractivity contribution in [3.05, 3.63) is 63.7 Å². The van der Waals surface area contributed by atoms with E-state index < -0.39 is 30.0 Å². The van der Waals surface area contributed by atoms with Crippen LogP contribution in [0.15, 0.2) is 41.2 Å². The highest BCUT2D eigenvalue weighted by Gasteiger charge is 2.28. The van der Waals surface area contributed by atoms with Crippen LogP contribution in [0.5, 0.6) is 5.75 Å². The van der Waals surface area contributed by atoms with E-state index in [0.29, 0.717) is 16.6 Å². The number of allylic oxidation sites excluding steroid dienone is 2. The highest BCUT2D eigenvalue weighted by atomic mass is 35.5. The van der Waals surface area contributed by atoms with Crippen molar-refractivity contribution in [3.8, 4) is 5.75 Å². The Balaban J connectivity index is 0.000000449. The fraction of sp³-hybridized carbons (Fsp3) is 0.448. The summed E-state index contributed by atoms with van der Waals surface area (Å²) >= 11 is 6.07. The van der Waals surface area contributed by atoms with Gasteiger partial charge in [0.25, 0.3) is 0 Å². The number of benzene rings is 1. The summed E-state index contributed by atoms with van der Waals surface area (Å²) in [4.78, 5) is 11.4. The lowest BCUT2D eigenvalue weighted by atomic mass is 9.89. The minimum Gasteiger partial charge on any atom is -0.434 e. The molecule has 3 aromatic rings. The van der Waals surface area contributed by atoms with Gasteiger partial charge in [0.2, 0.25) is 0 Å². The molecule has 2 N–H and O–H groups in total. The zero-order valence-corrected chi connectivity index (χ0v) is 23.2. The smallest absolute Gasteiger partial charge is 0.387 e. The van der Waals surface area contributed by atoms with Gasteiger partial charge in [-0.15, -0.1) is 0 Å². The summed E-state index contributed by atoms with van der Waals surface area (Å²) in [6.07, 6.45) is 9.37. The Morgan fingerprint density at radius 1 is 1.26 bits per heavy atom. The number of pyridine rings is 1. The Labute approximate surface area is 231 Å². The lowest BCUT2D eigenvalue weighted by Gasteiger charge is -2.21. The molecule has 1 unspecified atom stereocenters. The molecule has 4 rings (SSSR count). The number of aromatic nitrogens is 2. The van der Waals surface area contributed by atoms with Crippen LogP contribution in [-0.2, 0) is 0 Å². The number of hydrogen-bond donors (Lipinski definition) is 2. The van der Waals surface area contributed by atoms with E-state index in [9.17, 15) is 17.6 Å². The summed E-state index contributed by atoms with van der Waals surface area (Å²) < 4.78 is 58.7. The van der Waals surface area contributed by atoms with Gasteiger partial charge in [-0.25, -0.2) is 9.37 Å². The molecule has 10 heteroatoms. The van der Waals surface area contributed by atoms with Crippen molar-refractivity contribution in [2.24, 2.45) is 10.9 Å². The molecule has 1 aliphatic rings. The highest BCUT2D eigenvalue weighted by Crippen LogP contribution is 2.42. The van der Waals surface area contributed by atoms with Gasteiger partial charge in [-0.2, -0.15) is 8.78 Å². The zero-order valence-electron chi connectivity index (χ0n) is 22.4. The minimum absolute atomic E-state index is 0.0196. The third kappa shape index (κ3) is 7.60. The standard InChI is InChI=1S/C22H20ClF4N3O.C7H14O/c1-11(2)15(9-28-3)12-6-13-16(10-30-21(13)29-8-12)14(7-24)19-18(31-22(26)27)5-4-17(25)20(19)23;1-6-2-4-7(8)5-3-6/h4-6,8-10,14,22H,7H2,1-3H3,(H,29,30);6-8H,2-5H2,1H3. The number of aromatic amines is 1. The number of rotatable bonds is 7. The van der Waals surface area contributed by atoms with E-state index in [1.165, 1.54) is 19.0 Å². The molecular formula is C29H34ClF4N3O2. The number of fused-ring (bicyclic) bond motifs is 1. The molecule has 1 atom stereocenters. The first-order valence-corrected chi connectivity index (χ1v) is 13.2. The van der Waals surface area contributed by atoms with E-state index in [0.717, 1.165) is 47.6 Å². The normalized spacial score (nSPS) is 18.2. The zero-order chi connectivity index (χ0) is 28.7. The Bertz CT molecular complexity index is 1300. The molecule has 0 aliphatic heterocycles. The van der Waals surface area contributed by atoms with Crippen LogP contribution >= 0.6 is 11.6 Å². The maximum Gasteiger partial charge on any atom is 0.387 e. The predicted octanol–water partition coefficient (Wildman–Crippen LogP) is 8.11. The maximum absolute atomic E-state index is 14.3. The summed E-state index contributed by atoms with van der Waals surface area (Å²) in [7, 11) is 1.65. The number of nitrogens with one attached hydrogen (secondary N) is 1. The number of H-pyrrole nitrogens is 1. The van der Waals surface area contributed by atoms with Gasteiger partial charge >= 0.3 is 6.61 Å². The first-order chi connectivity index (χ1) is 18.6. The molecule has 0 radical (unpaired) electrons. The third-order valence-electron chi connectivity index (χ3n) is 6.84. The number of aliphatic imine (C=N–C) groups is 1. The molecule has 1 aliphatic carbocycles. The van der Waals surface area contributed by atoms with Crippen LogP contribution in [-0.4, -0.2) is 47.7 Å². The first-order valence-electron chi connectivity index (χ1n) is 12.8. The Morgan fingerprint density at radius 2 is 1.95 bits per heavy atom. The van der Waals surface area contributed by atoms with Gasteiger partial charge in [-0.3, -0.25) is 9.38 Å². The van der Waals surface area contributed by atoms with Crippen LogP contribution in [0.25, 0.3) is 16.6 Å². The van der Waals surface area contributed by atoms with E-state index in [2.05, 4.69) is 26.6 Å². The van der Waals surface area contributed by atoms with E-state index in [1.54, 1.807) is 25.5 Å². The van der Waals surface area contributed by atoms with Gasteiger partial charge < -0.3 is 14.8 Å². The van der Waals surface area contributed by atoms with Crippen molar-refractivity contribution >= 4 is 34.4 Å². The van der Waals surface area contributed by atoms with Gasteiger partial charge in [0.15, 0.2) is 0 Å². The summed E-state index contributed by atoms with van der Waals surface area (Å²) in [5.74, 6) is -1.54. The Morgan fingerprint density at radius 3 is 2.51 bits per heavy atom. The van der Waals surface area contributed by atoms with Gasteiger partial charge in [-0.05, 0) is 74.8 Å². The third-order valence-corrected chi connectivity index (χ3v) is 7.23. The summed E-state index contributed by atoms with van der Waals surface area (Å²) in [5.41, 5.74) is 3.24. The number of halogens is 5. The second-order valence-electron chi connectivity index (χ2n) is 9.94. The van der Waals surface area contributed by atoms with Crippen molar-refractivity contribution in [1.82, 2.24) is 9.97 Å². The van der Waals surface area contributed by atoms with Crippen molar-refractivity contribution in [2.75, 3.05) is 13.7 Å². The van der Waals surface area contributed by atoms with E-state index >= 15 is 0 Å².